The number of hydrogen-bond acceptors (Lipinski definition) is 8. The van der Waals surface area contributed by atoms with Gasteiger partial charge in [0.15, 0.2) is 12.4 Å². The van der Waals surface area contributed by atoms with E-state index in [2.05, 4.69) is 15.5 Å². The van der Waals surface area contributed by atoms with Crippen molar-refractivity contribution in [3.63, 3.8) is 0 Å². The van der Waals surface area contributed by atoms with Crippen LogP contribution in [-0.4, -0.2) is 34.4 Å². The van der Waals surface area contributed by atoms with Crippen LogP contribution in [0.4, 0.5) is 4.79 Å². The minimum Gasteiger partial charge on any atom is -0.459 e. The quantitative estimate of drug-likeness (QED) is 0.798. The maximum atomic E-state index is 11.6. The Bertz CT molecular complexity index is 672. The number of amides is 1. The molecular weight excluding hydrogens is 318 g/mol. The van der Waals surface area contributed by atoms with Crippen molar-refractivity contribution in [1.82, 2.24) is 15.5 Å². The summed E-state index contributed by atoms with van der Waals surface area (Å²) in [7, 11) is 0. The van der Waals surface area contributed by atoms with Crippen molar-refractivity contribution in [3.05, 3.63) is 24.3 Å². The first-order chi connectivity index (χ1) is 11.3. The van der Waals surface area contributed by atoms with E-state index in [9.17, 15) is 9.59 Å². The van der Waals surface area contributed by atoms with Crippen LogP contribution in [-0.2, 0) is 20.9 Å². The minimum atomic E-state index is -0.589. The Kier molecular flexibility index (Phi) is 5.56. The van der Waals surface area contributed by atoms with Gasteiger partial charge in [-0.2, -0.15) is 0 Å². The molecule has 0 unspecified atom stereocenters. The number of rotatable bonds is 6. The zero-order valence-corrected chi connectivity index (χ0v) is 13.7. The van der Waals surface area contributed by atoms with Crippen LogP contribution in [0.3, 0.4) is 0 Å². The molecular formula is C15H19N3O6. The largest absolute Gasteiger partial charge is 0.459 e. The lowest BCUT2D eigenvalue weighted by molar-refractivity contribution is -0.145. The Balaban J connectivity index is 1.67. The molecule has 130 valence electrons. The standard InChI is InChI=1S/C15H19N3O6/c1-15(2,3)24-14(20)16-7-6-12(19)22-9-11-17-18-13(23-11)10-5-4-8-21-10/h4-5,8H,6-7,9H2,1-3H3,(H,16,20). The Morgan fingerprint density at radius 2 is 2.08 bits per heavy atom. The van der Waals surface area contributed by atoms with E-state index in [-0.39, 0.29) is 31.4 Å². The molecule has 24 heavy (non-hydrogen) atoms. The van der Waals surface area contributed by atoms with E-state index in [1.807, 2.05) is 0 Å². The van der Waals surface area contributed by atoms with Crippen molar-refractivity contribution >= 4 is 12.1 Å². The first kappa shape index (κ1) is 17.5. The molecule has 9 heteroatoms. The Labute approximate surface area is 138 Å². The number of furan rings is 1. The fraction of sp³-hybridized carbons (Fsp3) is 0.467. The summed E-state index contributed by atoms with van der Waals surface area (Å²) in [5.41, 5.74) is -0.589. The molecule has 2 rings (SSSR count). The number of hydrogen-bond donors (Lipinski definition) is 1. The first-order valence-corrected chi connectivity index (χ1v) is 7.32. The van der Waals surface area contributed by atoms with Crippen LogP contribution in [0.25, 0.3) is 11.7 Å². The van der Waals surface area contributed by atoms with Crippen molar-refractivity contribution in [2.24, 2.45) is 0 Å². The molecule has 0 aliphatic carbocycles. The summed E-state index contributed by atoms with van der Waals surface area (Å²) >= 11 is 0. The zero-order chi connectivity index (χ0) is 17.6. The van der Waals surface area contributed by atoms with Gasteiger partial charge in [-0.3, -0.25) is 4.79 Å². The van der Waals surface area contributed by atoms with Crippen molar-refractivity contribution < 1.29 is 27.9 Å². The number of nitrogens with one attached hydrogen (secondary N) is 1. The predicted octanol–water partition coefficient (Wildman–Crippen LogP) is 2.29. The number of ether oxygens (including phenoxy) is 2. The van der Waals surface area contributed by atoms with Crippen LogP contribution in [0.2, 0.25) is 0 Å². The van der Waals surface area contributed by atoms with Crippen LogP contribution in [0.1, 0.15) is 33.1 Å². The second-order valence-electron chi connectivity index (χ2n) is 5.82. The molecule has 2 heterocycles. The third-order valence-electron chi connectivity index (χ3n) is 2.55. The predicted molar refractivity (Wildman–Crippen MR) is 80.6 cm³/mol. The average Bonchev–Trinajstić information content (AvgIpc) is 3.14. The molecule has 0 saturated carbocycles. The number of aromatic nitrogens is 2. The van der Waals surface area contributed by atoms with Crippen LogP contribution >= 0.6 is 0 Å². The molecule has 0 spiro atoms. The molecule has 9 nitrogen and oxygen atoms in total. The van der Waals surface area contributed by atoms with Gasteiger partial charge in [-0.05, 0) is 32.9 Å². The third-order valence-corrected chi connectivity index (χ3v) is 2.55. The summed E-state index contributed by atoms with van der Waals surface area (Å²) in [6.07, 6.45) is 0.894. The summed E-state index contributed by atoms with van der Waals surface area (Å²) in [6.45, 7) is 5.21. The monoisotopic (exact) mass is 337 g/mol. The summed E-state index contributed by atoms with van der Waals surface area (Å²) in [5.74, 6) is 0.276. The molecule has 1 amide bonds. The lowest BCUT2D eigenvalue weighted by Gasteiger charge is -2.19. The topological polar surface area (TPSA) is 117 Å². The summed E-state index contributed by atoms with van der Waals surface area (Å²) in [6, 6.07) is 3.36. The maximum Gasteiger partial charge on any atom is 0.407 e. The average molecular weight is 337 g/mol. The molecule has 0 aliphatic heterocycles. The first-order valence-electron chi connectivity index (χ1n) is 7.32. The fourth-order valence-electron chi connectivity index (χ4n) is 1.61. The van der Waals surface area contributed by atoms with E-state index in [0.29, 0.717) is 5.76 Å². The van der Waals surface area contributed by atoms with Gasteiger partial charge in [-0.25, -0.2) is 4.79 Å². The molecule has 0 radical (unpaired) electrons. The number of carbonyl (C=O) groups excluding carboxylic acids is 2. The molecule has 0 aliphatic rings. The highest BCUT2D eigenvalue weighted by atomic mass is 16.6. The van der Waals surface area contributed by atoms with Gasteiger partial charge in [0.05, 0.1) is 12.7 Å². The molecule has 0 atom stereocenters. The van der Waals surface area contributed by atoms with Gasteiger partial charge in [0.25, 0.3) is 11.8 Å². The zero-order valence-electron chi connectivity index (χ0n) is 13.7. The van der Waals surface area contributed by atoms with E-state index >= 15 is 0 Å². The number of alkyl carbamates (subject to hydrolysis) is 1. The van der Waals surface area contributed by atoms with E-state index in [1.165, 1.54) is 6.26 Å². The second kappa shape index (κ2) is 7.62. The van der Waals surface area contributed by atoms with Crippen LogP contribution in [0, 0.1) is 0 Å². The molecule has 0 aromatic carbocycles. The van der Waals surface area contributed by atoms with Crippen LogP contribution in [0.15, 0.2) is 27.2 Å². The minimum absolute atomic E-state index is 0.00157. The van der Waals surface area contributed by atoms with Crippen LogP contribution < -0.4 is 5.32 Å². The summed E-state index contributed by atoms with van der Waals surface area (Å²) in [5, 5.41) is 10.00. The van der Waals surface area contributed by atoms with Gasteiger partial charge in [0, 0.05) is 6.54 Å². The normalized spacial score (nSPS) is 11.1. The van der Waals surface area contributed by atoms with E-state index in [0.717, 1.165) is 0 Å². The van der Waals surface area contributed by atoms with Gasteiger partial charge < -0.3 is 23.6 Å². The molecule has 2 aromatic rings. The lowest BCUT2D eigenvalue weighted by Crippen LogP contribution is -2.33. The number of nitrogens with zero attached hydrogens (tertiary/aromatic N) is 2. The van der Waals surface area contributed by atoms with Gasteiger partial charge in [0.2, 0.25) is 0 Å². The molecule has 2 aromatic heterocycles. The van der Waals surface area contributed by atoms with E-state index < -0.39 is 17.7 Å². The summed E-state index contributed by atoms with van der Waals surface area (Å²) in [4.78, 5) is 23.0. The molecule has 1 N–H and O–H groups in total. The van der Waals surface area contributed by atoms with Gasteiger partial charge in [-0.1, -0.05) is 0 Å². The smallest absolute Gasteiger partial charge is 0.407 e. The Morgan fingerprint density at radius 3 is 2.75 bits per heavy atom. The van der Waals surface area contributed by atoms with Crippen molar-refractivity contribution in [3.8, 4) is 11.7 Å². The van der Waals surface area contributed by atoms with Crippen molar-refractivity contribution in [2.75, 3.05) is 6.54 Å². The van der Waals surface area contributed by atoms with Crippen LogP contribution in [0.5, 0.6) is 0 Å². The van der Waals surface area contributed by atoms with Gasteiger partial charge in [0.1, 0.15) is 5.60 Å². The number of carbonyl (C=O) groups is 2. The third kappa shape index (κ3) is 5.75. The van der Waals surface area contributed by atoms with Crippen molar-refractivity contribution in [2.45, 2.75) is 39.4 Å². The number of esters is 1. The molecule has 0 saturated heterocycles. The SMILES string of the molecule is CC(C)(C)OC(=O)NCCC(=O)OCc1nnc(-c2ccco2)o1. The fourth-order valence-corrected chi connectivity index (χ4v) is 1.61. The van der Waals surface area contributed by atoms with Gasteiger partial charge in [-0.15, -0.1) is 10.2 Å². The Hall–Kier alpha value is -2.84. The second-order valence-corrected chi connectivity index (χ2v) is 5.82. The molecule has 0 bridgehead atoms. The molecule has 0 fully saturated rings. The highest BCUT2D eigenvalue weighted by molar-refractivity contribution is 5.71. The highest BCUT2D eigenvalue weighted by Gasteiger charge is 2.16. The van der Waals surface area contributed by atoms with Gasteiger partial charge >= 0.3 is 12.1 Å². The maximum absolute atomic E-state index is 11.6. The van der Waals surface area contributed by atoms with Crippen molar-refractivity contribution in [1.29, 1.82) is 0 Å². The van der Waals surface area contributed by atoms with E-state index in [1.54, 1.807) is 32.9 Å². The highest BCUT2D eigenvalue weighted by Crippen LogP contribution is 2.18. The Morgan fingerprint density at radius 1 is 1.29 bits per heavy atom. The lowest BCUT2D eigenvalue weighted by atomic mass is 10.2. The summed E-state index contributed by atoms with van der Waals surface area (Å²) < 4.78 is 20.4. The van der Waals surface area contributed by atoms with E-state index in [4.69, 9.17) is 18.3 Å².